The van der Waals surface area contributed by atoms with Gasteiger partial charge in [0.2, 0.25) is 0 Å². The number of ether oxygens (including phenoxy) is 1. The summed E-state index contributed by atoms with van der Waals surface area (Å²) in [5.41, 5.74) is 0.116. The van der Waals surface area contributed by atoms with E-state index in [4.69, 9.17) is 4.74 Å². The second kappa shape index (κ2) is 16.1. The molecule has 0 bridgehead atoms. The van der Waals surface area contributed by atoms with Crippen molar-refractivity contribution < 1.29 is 34.1 Å². The zero-order chi connectivity index (χ0) is 36.3. The largest absolute Gasteiger partial charge is 0.107 e. The topological polar surface area (TPSA) is 145 Å². The number of carbonyl (C=O) groups excluding carboxylic acids is 3. The number of fused-ring (bicyclic) bond motifs is 1. The molecule has 0 aliphatic carbocycles. The summed E-state index contributed by atoms with van der Waals surface area (Å²) in [6, 6.07) is 33.9. The SMILES string of the molecule is CC(C)(C)OC(=O)NC(C(=O)N[C@@H]1C(=O)N2C(C(=O)O)=C(C[PH](c3ccccc3)(c3ccccc3)c3ccccc3)CS[C@@H]12)c1ccc(O)cc1.I. The maximum Gasteiger partial charge on any atom is -0.107 e. The second-order valence-electron chi connectivity index (χ2n) is 13.5. The van der Waals surface area contributed by atoms with E-state index in [1.807, 2.05) is 54.6 Å². The number of rotatable bonds is 10. The Morgan fingerprint density at radius 1 is 0.865 bits per heavy atom. The Balaban J connectivity index is 0.00000523. The predicted octanol–water partition coefficient (Wildman–Crippen LogP) is 5.04. The molecular formula is C39H41IN3O7PS. The molecule has 4 aromatic rings. The molecule has 1 unspecified atom stereocenters. The summed E-state index contributed by atoms with van der Waals surface area (Å²) >= 11 is 1.40. The first kappa shape index (κ1) is 38.8. The van der Waals surface area contributed by atoms with Gasteiger partial charge in [-0.2, -0.15) is 0 Å². The molecule has 13 heteroatoms. The van der Waals surface area contributed by atoms with Gasteiger partial charge in [0.15, 0.2) is 0 Å². The van der Waals surface area contributed by atoms with Crippen LogP contribution in [0.3, 0.4) is 0 Å². The van der Waals surface area contributed by atoms with Crippen molar-refractivity contribution in [2.75, 3.05) is 11.9 Å². The average molecular weight is 854 g/mol. The van der Waals surface area contributed by atoms with E-state index in [0.717, 1.165) is 15.9 Å². The van der Waals surface area contributed by atoms with Crippen LogP contribution in [0.2, 0.25) is 0 Å². The molecule has 2 aliphatic heterocycles. The van der Waals surface area contributed by atoms with Crippen molar-refractivity contribution in [3.63, 3.8) is 0 Å². The number of aromatic hydroxyl groups is 1. The predicted molar refractivity (Wildman–Crippen MR) is 217 cm³/mol. The number of carbonyl (C=O) groups is 4. The van der Waals surface area contributed by atoms with E-state index >= 15 is 0 Å². The molecule has 4 aromatic carbocycles. The molecule has 0 saturated carbocycles. The van der Waals surface area contributed by atoms with Gasteiger partial charge in [-0.15, -0.1) is 24.0 Å². The van der Waals surface area contributed by atoms with Gasteiger partial charge in [-0.3, -0.25) is 0 Å². The molecule has 0 radical (unpaired) electrons. The van der Waals surface area contributed by atoms with Gasteiger partial charge < -0.3 is 5.11 Å². The Morgan fingerprint density at radius 3 is 1.83 bits per heavy atom. The molecule has 2 heterocycles. The zero-order valence-corrected chi connectivity index (χ0v) is 33.0. The first-order chi connectivity index (χ1) is 24.4. The average Bonchev–Trinajstić information content (AvgIpc) is 3.12. The summed E-state index contributed by atoms with van der Waals surface area (Å²) in [7, 11) is -2.89. The second-order valence-corrected chi connectivity index (χ2v) is 18.5. The van der Waals surface area contributed by atoms with Crippen LogP contribution < -0.4 is 26.5 Å². The normalized spacial score (nSPS) is 17.8. The smallest absolute Gasteiger partial charge is 0.107 e. The number of carboxylic acid groups (broad SMARTS) is 1. The number of benzene rings is 4. The number of thioether (sulfide) groups is 1. The fraction of sp³-hybridized carbons (Fsp3) is 0.231. The summed E-state index contributed by atoms with van der Waals surface area (Å²) in [6.45, 7) is 5.08. The molecule has 52 heavy (non-hydrogen) atoms. The molecular weight excluding hydrogens is 812 g/mol. The number of phenolic OH excluding ortho intramolecular Hbond substituents is 1. The van der Waals surface area contributed by atoms with Gasteiger partial charge in [-0.05, 0) is 20.8 Å². The van der Waals surface area contributed by atoms with Crippen molar-refractivity contribution in [3.05, 3.63) is 132 Å². The van der Waals surface area contributed by atoms with Crippen LogP contribution >= 0.6 is 43.0 Å². The van der Waals surface area contributed by atoms with Crippen molar-refractivity contribution in [1.29, 1.82) is 0 Å². The molecule has 3 amide bonds. The first-order valence-electron chi connectivity index (χ1n) is 16.5. The van der Waals surface area contributed by atoms with Crippen molar-refractivity contribution in [1.82, 2.24) is 15.5 Å². The molecule has 0 aromatic heterocycles. The quantitative estimate of drug-likeness (QED) is 0.0988. The van der Waals surface area contributed by atoms with Gasteiger partial charge in [0.25, 0.3) is 0 Å². The Bertz CT molecular complexity index is 1860. The molecule has 0 spiro atoms. The summed E-state index contributed by atoms with van der Waals surface area (Å²) < 4.78 is 5.38. The number of nitrogens with one attached hydrogen (secondary N) is 2. The number of halogens is 1. The van der Waals surface area contributed by atoms with Gasteiger partial charge >= 0.3 is 265 Å². The molecule has 1 fully saturated rings. The van der Waals surface area contributed by atoms with Crippen LogP contribution in [0.25, 0.3) is 0 Å². The summed E-state index contributed by atoms with van der Waals surface area (Å²) in [5.74, 6) is -2.13. The number of alkyl carbamates (subject to hydrolysis) is 1. The minimum absolute atomic E-state index is 0. The molecule has 4 N–H and O–H groups in total. The van der Waals surface area contributed by atoms with Crippen LogP contribution in [-0.4, -0.2) is 67.9 Å². The van der Waals surface area contributed by atoms with Gasteiger partial charge in [0.05, 0.1) is 0 Å². The van der Waals surface area contributed by atoms with Crippen molar-refractivity contribution in [2.24, 2.45) is 0 Å². The number of aliphatic carboxylic acids is 1. The summed E-state index contributed by atoms with van der Waals surface area (Å²) in [6.07, 6.45) is -0.413. The standard InChI is InChI=1S/C39H40N3O7PS.HI/c1-39(2,3)49-38(48)41-31(25-19-21-27(43)22-20-25)34(44)40-32-35(45)42-33(37(46)47)26(24-51-36(32)42)23-50(28-13-7-4-8-14-28,29-15-9-5-10-16-29)30-17-11-6-12-18-30;/h4-22,31-32,36,43,50H,23-24H2,1-3H3,(H,40,44)(H,41,48)(H,46,47);1H/t31?,32-,36+;/m1./s1. The van der Waals surface area contributed by atoms with Crippen LogP contribution in [-0.2, 0) is 19.1 Å². The number of carboxylic acids is 1. The van der Waals surface area contributed by atoms with Crippen molar-refractivity contribution >= 4 is 82.8 Å². The zero-order valence-electron chi connectivity index (χ0n) is 28.8. The molecule has 6 rings (SSSR count). The Kier molecular flexibility index (Phi) is 12.0. The molecule has 2 aliphatic rings. The van der Waals surface area contributed by atoms with Crippen molar-refractivity contribution in [2.45, 2.75) is 43.8 Å². The van der Waals surface area contributed by atoms with Crippen LogP contribution in [0.4, 0.5) is 4.79 Å². The van der Waals surface area contributed by atoms with Gasteiger partial charge in [-0.25, -0.2) is 0 Å². The summed E-state index contributed by atoms with van der Waals surface area (Å²) in [4.78, 5) is 54.7. The Hall–Kier alpha value is -4.39. The van der Waals surface area contributed by atoms with Crippen LogP contribution in [0, 0.1) is 0 Å². The minimum atomic E-state index is -2.89. The number of phenols is 1. The molecule has 10 nitrogen and oxygen atoms in total. The third kappa shape index (κ3) is 7.99. The van der Waals surface area contributed by atoms with E-state index in [9.17, 15) is 29.4 Å². The first-order valence-corrected chi connectivity index (χ1v) is 19.8. The number of hydrogen-bond acceptors (Lipinski definition) is 7. The van der Waals surface area contributed by atoms with E-state index in [1.165, 1.54) is 40.9 Å². The monoisotopic (exact) mass is 853 g/mol. The third-order valence-corrected chi connectivity index (χ3v) is 15.2. The van der Waals surface area contributed by atoms with Gasteiger partial charge in [0.1, 0.15) is 11.4 Å². The van der Waals surface area contributed by atoms with Crippen molar-refractivity contribution in [3.8, 4) is 5.75 Å². The maximum absolute atomic E-state index is 13.8. The Labute approximate surface area is 324 Å². The van der Waals surface area contributed by atoms with E-state index < -0.39 is 54.2 Å². The van der Waals surface area contributed by atoms with Crippen LogP contribution in [0.5, 0.6) is 5.75 Å². The molecule has 1 saturated heterocycles. The van der Waals surface area contributed by atoms with E-state index in [2.05, 4.69) is 47.0 Å². The third-order valence-electron chi connectivity index (χ3n) is 8.98. The van der Waals surface area contributed by atoms with Crippen LogP contribution in [0.1, 0.15) is 32.4 Å². The number of β-lactam (4-membered cyclic amide) rings is 1. The van der Waals surface area contributed by atoms with E-state index in [-0.39, 0.29) is 35.4 Å². The number of amides is 3. The molecule has 272 valence electrons. The summed E-state index contributed by atoms with van der Waals surface area (Å²) in [5, 5.41) is 28.5. The number of nitrogens with zero attached hydrogens (tertiary/aromatic N) is 1. The van der Waals surface area contributed by atoms with Gasteiger partial charge in [-0.1, -0.05) is 0 Å². The fourth-order valence-corrected chi connectivity index (χ4v) is 13.1. The van der Waals surface area contributed by atoms with E-state index in [0.29, 0.717) is 23.1 Å². The van der Waals surface area contributed by atoms with E-state index in [1.54, 1.807) is 20.8 Å². The maximum atomic E-state index is 13.8. The molecule has 3 atom stereocenters. The van der Waals surface area contributed by atoms with Crippen LogP contribution in [0.15, 0.2) is 127 Å². The minimum Gasteiger partial charge on any atom is -0.107 e. The Morgan fingerprint density at radius 2 is 1.37 bits per heavy atom. The fourth-order valence-electron chi connectivity index (χ4n) is 6.74. The number of hydrogen-bond donors (Lipinski definition) is 4. The van der Waals surface area contributed by atoms with Gasteiger partial charge in [0, 0.05) is 0 Å².